The molecule has 0 unspecified atom stereocenters. The molecule has 104 valence electrons. The Balaban J connectivity index is 0.00000144. The second-order valence-corrected chi connectivity index (χ2v) is 4.41. The van der Waals surface area contributed by atoms with E-state index in [1.807, 2.05) is 18.5 Å². The van der Waals surface area contributed by atoms with Gasteiger partial charge in [-0.2, -0.15) is 0 Å². The Kier molecular flexibility index (Phi) is 10.4. The van der Waals surface area contributed by atoms with Gasteiger partial charge in [0.15, 0.2) is 0 Å². The first-order valence-electron chi connectivity index (χ1n) is 6.27. The van der Waals surface area contributed by atoms with Gasteiger partial charge in [0.1, 0.15) is 0 Å². The number of piperazine rings is 1. The number of hydrogen-bond acceptors (Lipinski definition) is 3. The Morgan fingerprint density at radius 1 is 1.17 bits per heavy atom. The molecule has 1 fully saturated rings. The monoisotopic (exact) mass is 291 g/mol. The van der Waals surface area contributed by atoms with Crippen molar-refractivity contribution in [1.82, 2.24) is 15.2 Å². The number of halogens is 2. The van der Waals surface area contributed by atoms with Crippen LogP contribution in [0.2, 0.25) is 0 Å². The molecule has 1 aliphatic heterocycles. The standard InChI is InChI=1S/C13H21N3.2ClH/c1(4-13-5-3-6-15-12-13)2-9-16-10-7-14-8-11-16;;/h3,5-6,12,14H,1-2,4,7-11H2;2*1H. The fourth-order valence-corrected chi connectivity index (χ4v) is 2.15. The van der Waals surface area contributed by atoms with E-state index in [0.29, 0.717) is 0 Å². The number of nitrogens with one attached hydrogen (secondary N) is 1. The van der Waals surface area contributed by atoms with E-state index in [-0.39, 0.29) is 24.8 Å². The van der Waals surface area contributed by atoms with Crippen molar-refractivity contribution in [3.8, 4) is 0 Å². The number of aromatic nitrogens is 1. The minimum absolute atomic E-state index is 0. The van der Waals surface area contributed by atoms with Gasteiger partial charge >= 0.3 is 0 Å². The first-order chi connectivity index (χ1) is 7.95. The molecule has 3 nitrogen and oxygen atoms in total. The lowest BCUT2D eigenvalue weighted by Crippen LogP contribution is -2.43. The molecular formula is C13H23Cl2N3. The van der Waals surface area contributed by atoms with Crippen molar-refractivity contribution in [2.75, 3.05) is 32.7 Å². The highest BCUT2D eigenvalue weighted by Gasteiger charge is 2.07. The summed E-state index contributed by atoms with van der Waals surface area (Å²) in [5.41, 5.74) is 1.36. The molecule has 0 atom stereocenters. The molecule has 0 spiro atoms. The molecule has 2 heterocycles. The lowest BCUT2D eigenvalue weighted by molar-refractivity contribution is 0.237. The zero-order chi connectivity index (χ0) is 11.1. The average molecular weight is 292 g/mol. The van der Waals surface area contributed by atoms with E-state index >= 15 is 0 Å². The highest BCUT2D eigenvalue weighted by atomic mass is 35.5. The SMILES string of the molecule is Cl.Cl.c1cncc(CCCCN2CCNCC2)c1. The molecule has 1 aromatic heterocycles. The van der Waals surface area contributed by atoms with E-state index in [1.54, 1.807) is 0 Å². The molecule has 2 rings (SSSR count). The van der Waals surface area contributed by atoms with Gasteiger partial charge in [-0.1, -0.05) is 6.07 Å². The summed E-state index contributed by atoms with van der Waals surface area (Å²) in [5, 5.41) is 3.38. The second kappa shape index (κ2) is 10.6. The summed E-state index contributed by atoms with van der Waals surface area (Å²) in [6.45, 7) is 5.99. The van der Waals surface area contributed by atoms with Gasteiger partial charge in [-0.25, -0.2) is 0 Å². The first-order valence-corrected chi connectivity index (χ1v) is 6.27. The first kappa shape index (κ1) is 17.6. The van der Waals surface area contributed by atoms with E-state index < -0.39 is 0 Å². The van der Waals surface area contributed by atoms with Crippen LogP contribution in [-0.2, 0) is 6.42 Å². The van der Waals surface area contributed by atoms with Crippen molar-refractivity contribution in [3.05, 3.63) is 30.1 Å². The molecule has 18 heavy (non-hydrogen) atoms. The molecule has 0 aliphatic carbocycles. The lowest BCUT2D eigenvalue weighted by Gasteiger charge is -2.26. The number of unbranched alkanes of at least 4 members (excludes halogenated alkanes) is 1. The third-order valence-electron chi connectivity index (χ3n) is 3.12. The van der Waals surface area contributed by atoms with E-state index in [2.05, 4.69) is 21.3 Å². The predicted octanol–water partition coefficient (Wildman–Crippen LogP) is 2.15. The number of hydrogen-bond donors (Lipinski definition) is 1. The van der Waals surface area contributed by atoms with Crippen LogP contribution in [0.4, 0.5) is 0 Å². The summed E-state index contributed by atoms with van der Waals surface area (Å²) in [7, 11) is 0. The molecule has 0 radical (unpaired) electrons. The molecule has 5 heteroatoms. The van der Waals surface area contributed by atoms with Crippen LogP contribution in [0, 0.1) is 0 Å². The van der Waals surface area contributed by atoms with Crippen LogP contribution in [-0.4, -0.2) is 42.6 Å². The summed E-state index contributed by atoms with van der Waals surface area (Å²) in [5.74, 6) is 0. The number of aryl methyl sites for hydroxylation is 1. The van der Waals surface area contributed by atoms with Crippen LogP contribution in [0.3, 0.4) is 0 Å². The molecule has 1 aromatic rings. The Morgan fingerprint density at radius 2 is 1.94 bits per heavy atom. The lowest BCUT2D eigenvalue weighted by atomic mass is 10.1. The maximum absolute atomic E-state index is 4.13. The summed E-state index contributed by atoms with van der Waals surface area (Å²) in [4.78, 5) is 6.69. The third-order valence-corrected chi connectivity index (χ3v) is 3.12. The van der Waals surface area contributed by atoms with Crippen molar-refractivity contribution < 1.29 is 0 Å². The van der Waals surface area contributed by atoms with Crippen LogP contribution < -0.4 is 5.32 Å². The van der Waals surface area contributed by atoms with Gasteiger partial charge < -0.3 is 10.2 Å². The fraction of sp³-hybridized carbons (Fsp3) is 0.615. The van der Waals surface area contributed by atoms with E-state index in [4.69, 9.17) is 0 Å². The minimum atomic E-state index is 0. The third kappa shape index (κ3) is 6.55. The largest absolute Gasteiger partial charge is 0.314 e. The Hall–Kier alpha value is -0.350. The molecule has 1 saturated heterocycles. The van der Waals surface area contributed by atoms with Crippen LogP contribution in [0.1, 0.15) is 18.4 Å². The molecular weight excluding hydrogens is 269 g/mol. The molecule has 0 bridgehead atoms. The summed E-state index contributed by atoms with van der Waals surface area (Å²) >= 11 is 0. The molecule has 0 saturated carbocycles. The highest BCUT2D eigenvalue weighted by molar-refractivity contribution is 5.85. The van der Waals surface area contributed by atoms with E-state index in [0.717, 1.165) is 13.1 Å². The van der Waals surface area contributed by atoms with Gasteiger partial charge in [0.2, 0.25) is 0 Å². The van der Waals surface area contributed by atoms with Crippen molar-refractivity contribution >= 4 is 24.8 Å². The van der Waals surface area contributed by atoms with E-state index in [9.17, 15) is 0 Å². The maximum Gasteiger partial charge on any atom is 0.0299 e. The Labute approximate surface area is 122 Å². The van der Waals surface area contributed by atoms with Crippen molar-refractivity contribution in [2.24, 2.45) is 0 Å². The van der Waals surface area contributed by atoms with Crippen LogP contribution in [0.25, 0.3) is 0 Å². The number of nitrogens with zero attached hydrogens (tertiary/aromatic N) is 2. The van der Waals surface area contributed by atoms with Crippen LogP contribution in [0.5, 0.6) is 0 Å². The smallest absolute Gasteiger partial charge is 0.0299 e. The minimum Gasteiger partial charge on any atom is -0.314 e. The van der Waals surface area contributed by atoms with Crippen molar-refractivity contribution in [1.29, 1.82) is 0 Å². The van der Waals surface area contributed by atoms with E-state index in [1.165, 1.54) is 44.5 Å². The normalized spacial score (nSPS) is 15.6. The van der Waals surface area contributed by atoms with Gasteiger partial charge in [-0.15, -0.1) is 24.8 Å². The predicted molar refractivity (Wildman–Crippen MR) is 81.0 cm³/mol. The van der Waals surface area contributed by atoms with Crippen molar-refractivity contribution in [2.45, 2.75) is 19.3 Å². The van der Waals surface area contributed by atoms with Crippen molar-refractivity contribution in [3.63, 3.8) is 0 Å². The zero-order valence-corrected chi connectivity index (χ0v) is 12.3. The zero-order valence-electron chi connectivity index (χ0n) is 10.7. The second-order valence-electron chi connectivity index (χ2n) is 4.41. The average Bonchev–Trinajstić information content (AvgIpc) is 2.37. The van der Waals surface area contributed by atoms with Crippen LogP contribution in [0.15, 0.2) is 24.5 Å². The number of rotatable bonds is 5. The Morgan fingerprint density at radius 3 is 2.61 bits per heavy atom. The summed E-state index contributed by atoms with van der Waals surface area (Å²) in [6, 6.07) is 4.18. The topological polar surface area (TPSA) is 28.2 Å². The van der Waals surface area contributed by atoms with Gasteiger partial charge in [-0.3, -0.25) is 4.98 Å². The molecule has 0 amide bonds. The van der Waals surface area contributed by atoms with Crippen LogP contribution >= 0.6 is 24.8 Å². The summed E-state index contributed by atoms with van der Waals surface area (Å²) < 4.78 is 0. The quantitative estimate of drug-likeness (QED) is 0.843. The van der Waals surface area contributed by atoms with Gasteiger partial charge in [0.25, 0.3) is 0 Å². The highest BCUT2D eigenvalue weighted by Crippen LogP contribution is 2.04. The number of pyridine rings is 1. The fourth-order valence-electron chi connectivity index (χ4n) is 2.15. The van der Waals surface area contributed by atoms with Gasteiger partial charge in [0.05, 0.1) is 0 Å². The maximum atomic E-state index is 4.13. The molecule has 0 aromatic carbocycles. The van der Waals surface area contributed by atoms with Gasteiger partial charge in [-0.05, 0) is 37.4 Å². The van der Waals surface area contributed by atoms with Gasteiger partial charge in [0, 0.05) is 38.6 Å². The Bertz CT molecular complexity index is 290. The molecule has 1 N–H and O–H groups in total. The summed E-state index contributed by atoms with van der Waals surface area (Å²) in [6.07, 6.45) is 7.56. The molecule has 1 aliphatic rings.